The average Bonchev–Trinajstić information content (AvgIpc) is 2.77. The molecule has 0 nitrogen and oxygen atoms in total. The average molecular weight is 236 g/mol. The third kappa shape index (κ3) is 2.08. The van der Waals surface area contributed by atoms with Crippen LogP contribution in [0.3, 0.4) is 0 Å². The number of aryl methyl sites for hydroxylation is 1. The molecule has 92 valence electrons. The summed E-state index contributed by atoms with van der Waals surface area (Å²) in [4.78, 5) is 0. The van der Waals surface area contributed by atoms with Gasteiger partial charge in [0.1, 0.15) is 0 Å². The number of fused-ring (bicyclic) bond motifs is 3. The van der Waals surface area contributed by atoms with Crippen LogP contribution in [0.5, 0.6) is 0 Å². The molecule has 0 radical (unpaired) electrons. The van der Waals surface area contributed by atoms with E-state index < -0.39 is 0 Å². The van der Waals surface area contributed by atoms with Gasteiger partial charge in [-0.25, -0.2) is 0 Å². The monoisotopic (exact) mass is 236 g/mol. The van der Waals surface area contributed by atoms with Crippen LogP contribution >= 0.6 is 0 Å². The van der Waals surface area contributed by atoms with Crippen molar-refractivity contribution in [3.63, 3.8) is 0 Å². The van der Waals surface area contributed by atoms with Crippen molar-refractivity contribution in [3.8, 4) is 11.1 Å². The zero-order valence-electron chi connectivity index (χ0n) is 11.1. The van der Waals surface area contributed by atoms with Crippen molar-refractivity contribution < 1.29 is 0 Å². The molecule has 2 aromatic rings. The first-order valence-corrected chi connectivity index (χ1v) is 7.08. The molecule has 2 aromatic carbocycles. The first-order chi connectivity index (χ1) is 8.88. The standard InChI is InChI=1S/C18H20/c1-2-3-4-7-14-10-11-16-13-15-8-5-6-9-17(15)18(16)12-14/h5-6,8-12H,2-4,7,13H2,1H3. The maximum Gasteiger partial charge on any atom is -0.00135 e. The molecule has 0 aromatic heterocycles. The predicted molar refractivity (Wildman–Crippen MR) is 77.9 cm³/mol. The minimum Gasteiger partial charge on any atom is -0.0654 e. The van der Waals surface area contributed by atoms with Crippen molar-refractivity contribution in [3.05, 3.63) is 59.2 Å². The summed E-state index contributed by atoms with van der Waals surface area (Å²) in [6, 6.07) is 15.9. The van der Waals surface area contributed by atoms with Crippen LogP contribution in [-0.2, 0) is 12.8 Å². The zero-order valence-corrected chi connectivity index (χ0v) is 11.1. The summed E-state index contributed by atoms with van der Waals surface area (Å²) in [7, 11) is 0. The number of benzene rings is 2. The molecular weight excluding hydrogens is 216 g/mol. The van der Waals surface area contributed by atoms with Crippen molar-refractivity contribution >= 4 is 0 Å². The lowest BCUT2D eigenvalue weighted by molar-refractivity contribution is 0.717. The molecule has 0 bridgehead atoms. The fraction of sp³-hybridized carbons (Fsp3) is 0.333. The Balaban J connectivity index is 1.88. The molecule has 0 spiro atoms. The Kier molecular flexibility index (Phi) is 3.19. The van der Waals surface area contributed by atoms with Crippen LogP contribution in [-0.4, -0.2) is 0 Å². The van der Waals surface area contributed by atoms with Crippen molar-refractivity contribution in [1.82, 2.24) is 0 Å². The molecule has 0 saturated carbocycles. The van der Waals surface area contributed by atoms with Gasteiger partial charge in [-0.3, -0.25) is 0 Å². The minimum absolute atomic E-state index is 1.11. The van der Waals surface area contributed by atoms with Gasteiger partial charge in [-0.2, -0.15) is 0 Å². The molecule has 0 heteroatoms. The normalized spacial score (nSPS) is 12.3. The summed E-state index contributed by atoms with van der Waals surface area (Å²) in [6.45, 7) is 2.26. The summed E-state index contributed by atoms with van der Waals surface area (Å²) in [6.07, 6.45) is 6.29. The predicted octanol–water partition coefficient (Wildman–Crippen LogP) is 4.99. The van der Waals surface area contributed by atoms with Crippen LogP contribution in [0.15, 0.2) is 42.5 Å². The number of unbranched alkanes of at least 4 members (excludes halogenated alkanes) is 2. The Morgan fingerprint density at radius 3 is 2.61 bits per heavy atom. The highest BCUT2D eigenvalue weighted by Gasteiger charge is 2.17. The van der Waals surface area contributed by atoms with E-state index in [0.29, 0.717) is 0 Å². The van der Waals surface area contributed by atoms with Gasteiger partial charge in [0.2, 0.25) is 0 Å². The van der Waals surface area contributed by atoms with Gasteiger partial charge in [0.05, 0.1) is 0 Å². The van der Waals surface area contributed by atoms with Gasteiger partial charge < -0.3 is 0 Å². The van der Waals surface area contributed by atoms with E-state index in [4.69, 9.17) is 0 Å². The minimum atomic E-state index is 1.11. The lowest BCUT2D eigenvalue weighted by Gasteiger charge is -2.05. The quantitative estimate of drug-likeness (QED) is 0.560. The maximum absolute atomic E-state index is 2.41. The van der Waals surface area contributed by atoms with Crippen LogP contribution < -0.4 is 0 Å². The first kappa shape index (κ1) is 11.5. The molecule has 0 saturated heterocycles. The van der Waals surface area contributed by atoms with Crippen molar-refractivity contribution in [2.24, 2.45) is 0 Å². The topological polar surface area (TPSA) is 0 Å². The van der Waals surface area contributed by atoms with Gasteiger partial charge in [-0.1, -0.05) is 62.2 Å². The lowest BCUT2D eigenvalue weighted by atomic mass is 10.00. The first-order valence-electron chi connectivity index (χ1n) is 7.08. The Labute approximate surface area is 110 Å². The molecule has 18 heavy (non-hydrogen) atoms. The molecule has 0 fully saturated rings. The molecular formula is C18H20. The van der Waals surface area contributed by atoms with Gasteiger partial charge in [0.25, 0.3) is 0 Å². The molecule has 0 heterocycles. The van der Waals surface area contributed by atoms with E-state index in [2.05, 4.69) is 49.4 Å². The Morgan fingerprint density at radius 1 is 0.889 bits per heavy atom. The van der Waals surface area contributed by atoms with E-state index in [1.807, 2.05) is 0 Å². The number of hydrogen-bond donors (Lipinski definition) is 0. The Morgan fingerprint density at radius 2 is 1.72 bits per heavy atom. The van der Waals surface area contributed by atoms with Crippen molar-refractivity contribution in [2.45, 2.75) is 39.0 Å². The fourth-order valence-corrected chi connectivity index (χ4v) is 2.91. The van der Waals surface area contributed by atoms with E-state index in [1.54, 1.807) is 0 Å². The smallest absolute Gasteiger partial charge is 0.00135 e. The van der Waals surface area contributed by atoms with Crippen LogP contribution in [0.25, 0.3) is 11.1 Å². The van der Waals surface area contributed by atoms with Crippen molar-refractivity contribution in [2.75, 3.05) is 0 Å². The van der Waals surface area contributed by atoms with Gasteiger partial charge in [0, 0.05) is 0 Å². The van der Waals surface area contributed by atoms with E-state index in [9.17, 15) is 0 Å². The number of hydrogen-bond acceptors (Lipinski definition) is 0. The summed E-state index contributed by atoms with van der Waals surface area (Å²) in [5, 5.41) is 0. The third-order valence-electron chi connectivity index (χ3n) is 3.93. The van der Waals surface area contributed by atoms with Crippen molar-refractivity contribution in [1.29, 1.82) is 0 Å². The second-order valence-corrected chi connectivity index (χ2v) is 5.28. The highest BCUT2D eigenvalue weighted by molar-refractivity contribution is 5.77. The van der Waals surface area contributed by atoms with Crippen LogP contribution in [0.4, 0.5) is 0 Å². The maximum atomic E-state index is 2.41. The molecule has 3 rings (SSSR count). The molecule has 1 aliphatic rings. The molecule has 0 amide bonds. The SMILES string of the molecule is CCCCCc1ccc2c(c1)-c1ccccc1C2. The van der Waals surface area contributed by atoms with Crippen LogP contribution in [0, 0.1) is 0 Å². The molecule has 0 unspecified atom stereocenters. The van der Waals surface area contributed by atoms with E-state index in [-0.39, 0.29) is 0 Å². The van der Waals surface area contributed by atoms with E-state index in [1.165, 1.54) is 53.5 Å². The highest BCUT2D eigenvalue weighted by atomic mass is 14.2. The van der Waals surface area contributed by atoms with Gasteiger partial charge in [0.15, 0.2) is 0 Å². The largest absolute Gasteiger partial charge is 0.0654 e. The van der Waals surface area contributed by atoms with E-state index >= 15 is 0 Å². The fourth-order valence-electron chi connectivity index (χ4n) is 2.91. The van der Waals surface area contributed by atoms with Gasteiger partial charge >= 0.3 is 0 Å². The summed E-state index contributed by atoms with van der Waals surface area (Å²) >= 11 is 0. The summed E-state index contributed by atoms with van der Waals surface area (Å²) in [5.74, 6) is 0. The second-order valence-electron chi connectivity index (χ2n) is 5.28. The van der Waals surface area contributed by atoms with Crippen LogP contribution in [0.1, 0.15) is 42.9 Å². The van der Waals surface area contributed by atoms with Gasteiger partial charge in [-0.15, -0.1) is 0 Å². The summed E-state index contributed by atoms with van der Waals surface area (Å²) in [5.41, 5.74) is 7.40. The molecule has 1 aliphatic carbocycles. The molecule has 0 atom stereocenters. The number of rotatable bonds is 4. The van der Waals surface area contributed by atoms with Gasteiger partial charge in [-0.05, 0) is 47.1 Å². The molecule has 0 aliphatic heterocycles. The van der Waals surface area contributed by atoms with E-state index in [0.717, 1.165) is 6.42 Å². The third-order valence-corrected chi connectivity index (χ3v) is 3.93. The lowest BCUT2D eigenvalue weighted by Crippen LogP contribution is -1.88. The Bertz CT molecular complexity index is 552. The Hall–Kier alpha value is -1.56. The summed E-state index contributed by atoms with van der Waals surface area (Å²) < 4.78 is 0. The second kappa shape index (κ2) is 4.97. The zero-order chi connectivity index (χ0) is 12.4. The highest BCUT2D eigenvalue weighted by Crippen LogP contribution is 2.36. The van der Waals surface area contributed by atoms with Crippen LogP contribution in [0.2, 0.25) is 0 Å². The molecule has 0 N–H and O–H groups in total.